The quantitative estimate of drug-likeness (QED) is 0.532. The van der Waals surface area contributed by atoms with Crippen LogP contribution in [0.2, 0.25) is 0 Å². The molecule has 1 aromatic heterocycles. The summed E-state index contributed by atoms with van der Waals surface area (Å²) in [6.45, 7) is 2.11. The molecule has 3 N–H and O–H groups in total. The van der Waals surface area contributed by atoms with Crippen LogP contribution in [0, 0.1) is 0 Å². The Morgan fingerprint density at radius 3 is 2.48 bits per heavy atom. The number of hydrogen-bond acceptors (Lipinski definition) is 2. The molecule has 6 heteroatoms. The number of aromatic amines is 1. The highest BCUT2D eigenvalue weighted by molar-refractivity contribution is 9.10. The SMILES string of the molecule is Brc1ccc(C2NCCc3c2[nH]c2ccccc32)cc1.CC(=O)O.Cl. The maximum atomic E-state index is 9.00. The normalized spacial score (nSPS) is 15.5. The number of para-hydroxylation sites is 1. The number of aromatic nitrogens is 1. The first-order valence-electron chi connectivity index (χ1n) is 7.84. The van der Waals surface area contributed by atoms with Crippen molar-refractivity contribution in [1.29, 1.82) is 0 Å². The van der Waals surface area contributed by atoms with Gasteiger partial charge in [0, 0.05) is 34.5 Å². The summed E-state index contributed by atoms with van der Waals surface area (Å²) in [5.74, 6) is -0.833. The molecular formula is C19H20BrClN2O2. The molecule has 132 valence electrons. The van der Waals surface area contributed by atoms with Crippen LogP contribution in [0.4, 0.5) is 0 Å². The van der Waals surface area contributed by atoms with Crippen LogP contribution >= 0.6 is 28.3 Å². The molecule has 0 saturated carbocycles. The van der Waals surface area contributed by atoms with E-state index in [0.717, 1.165) is 24.4 Å². The van der Waals surface area contributed by atoms with Crippen LogP contribution in [0.15, 0.2) is 53.0 Å². The zero-order valence-corrected chi connectivity index (χ0v) is 16.2. The van der Waals surface area contributed by atoms with Gasteiger partial charge in [0.1, 0.15) is 0 Å². The summed E-state index contributed by atoms with van der Waals surface area (Å²) in [7, 11) is 0. The zero-order valence-electron chi connectivity index (χ0n) is 13.8. The fourth-order valence-electron chi connectivity index (χ4n) is 3.12. The number of carbonyl (C=O) groups is 1. The molecule has 2 aromatic carbocycles. The van der Waals surface area contributed by atoms with Crippen LogP contribution < -0.4 is 5.32 Å². The lowest BCUT2D eigenvalue weighted by Crippen LogP contribution is -2.30. The van der Waals surface area contributed by atoms with Crippen molar-refractivity contribution >= 4 is 45.2 Å². The van der Waals surface area contributed by atoms with Gasteiger partial charge in [-0.3, -0.25) is 4.79 Å². The molecule has 3 aromatic rings. The third-order valence-electron chi connectivity index (χ3n) is 4.06. The summed E-state index contributed by atoms with van der Waals surface area (Å²) in [5, 5.41) is 12.4. The monoisotopic (exact) mass is 422 g/mol. The van der Waals surface area contributed by atoms with Crippen LogP contribution in [-0.2, 0) is 11.2 Å². The summed E-state index contributed by atoms with van der Waals surface area (Å²) in [4.78, 5) is 12.6. The van der Waals surface area contributed by atoms with Crippen molar-refractivity contribution < 1.29 is 9.90 Å². The Labute approximate surface area is 161 Å². The van der Waals surface area contributed by atoms with E-state index >= 15 is 0 Å². The van der Waals surface area contributed by atoms with Crippen LogP contribution in [0.1, 0.15) is 29.8 Å². The number of H-pyrrole nitrogens is 1. The Kier molecular flexibility index (Phi) is 6.64. The van der Waals surface area contributed by atoms with E-state index in [-0.39, 0.29) is 18.4 Å². The molecule has 0 fully saturated rings. The lowest BCUT2D eigenvalue weighted by molar-refractivity contribution is -0.134. The Bertz CT molecular complexity index is 857. The van der Waals surface area contributed by atoms with Gasteiger partial charge < -0.3 is 15.4 Å². The molecule has 1 unspecified atom stereocenters. The van der Waals surface area contributed by atoms with Crippen molar-refractivity contribution in [2.75, 3.05) is 6.54 Å². The van der Waals surface area contributed by atoms with Gasteiger partial charge >= 0.3 is 0 Å². The average Bonchev–Trinajstić information content (AvgIpc) is 2.94. The van der Waals surface area contributed by atoms with Crippen molar-refractivity contribution in [3.8, 4) is 0 Å². The summed E-state index contributed by atoms with van der Waals surface area (Å²) in [5.41, 5.74) is 5.33. The van der Waals surface area contributed by atoms with Gasteiger partial charge in [0.05, 0.1) is 6.04 Å². The largest absolute Gasteiger partial charge is 0.481 e. The second-order valence-corrected chi connectivity index (χ2v) is 6.69. The van der Waals surface area contributed by atoms with E-state index in [9.17, 15) is 0 Å². The number of rotatable bonds is 1. The highest BCUT2D eigenvalue weighted by Gasteiger charge is 2.24. The minimum absolute atomic E-state index is 0. The molecule has 0 aliphatic carbocycles. The van der Waals surface area contributed by atoms with E-state index in [1.54, 1.807) is 0 Å². The Hall–Kier alpha value is -1.82. The number of carboxylic acids is 1. The van der Waals surface area contributed by atoms with Crippen LogP contribution in [0.25, 0.3) is 10.9 Å². The number of halogens is 2. The summed E-state index contributed by atoms with van der Waals surface area (Å²) < 4.78 is 1.12. The number of nitrogens with one attached hydrogen (secondary N) is 2. The van der Waals surface area contributed by atoms with Crippen molar-refractivity contribution in [3.63, 3.8) is 0 Å². The number of fused-ring (bicyclic) bond motifs is 3. The standard InChI is InChI=1S/C17H15BrN2.C2H4O2.ClH/c18-12-7-5-11(6-8-12)16-17-14(9-10-19-16)13-3-1-2-4-15(13)20-17;1-2(3)4;/h1-8,16,19-20H,9-10H2;1H3,(H,3,4);1H. The highest BCUT2D eigenvalue weighted by atomic mass is 79.9. The molecule has 1 aliphatic rings. The van der Waals surface area contributed by atoms with Gasteiger partial charge in [0.25, 0.3) is 5.97 Å². The lowest BCUT2D eigenvalue weighted by Gasteiger charge is -2.24. The number of hydrogen-bond donors (Lipinski definition) is 3. The van der Waals surface area contributed by atoms with E-state index in [4.69, 9.17) is 9.90 Å². The first-order chi connectivity index (χ1) is 11.6. The van der Waals surface area contributed by atoms with E-state index in [1.807, 2.05) is 0 Å². The van der Waals surface area contributed by atoms with E-state index in [1.165, 1.54) is 27.7 Å². The summed E-state index contributed by atoms with van der Waals surface area (Å²) in [6.07, 6.45) is 1.09. The molecule has 1 atom stereocenters. The molecule has 4 rings (SSSR count). The molecule has 0 radical (unpaired) electrons. The third kappa shape index (κ3) is 4.42. The molecule has 0 spiro atoms. The van der Waals surface area contributed by atoms with Gasteiger partial charge in [-0.15, -0.1) is 12.4 Å². The van der Waals surface area contributed by atoms with Gasteiger partial charge in [0.15, 0.2) is 0 Å². The van der Waals surface area contributed by atoms with Crippen molar-refractivity contribution in [2.24, 2.45) is 0 Å². The minimum Gasteiger partial charge on any atom is -0.481 e. The van der Waals surface area contributed by atoms with Gasteiger partial charge in [-0.05, 0) is 35.7 Å². The lowest BCUT2D eigenvalue weighted by atomic mass is 9.94. The average molecular weight is 424 g/mol. The Balaban J connectivity index is 0.000000411. The second-order valence-electron chi connectivity index (χ2n) is 5.77. The van der Waals surface area contributed by atoms with E-state index in [0.29, 0.717) is 0 Å². The number of aliphatic carboxylic acids is 1. The predicted octanol–water partition coefficient (Wildman–Crippen LogP) is 4.68. The topological polar surface area (TPSA) is 65.1 Å². The highest BCUT2D eigenvalue weighted by Crippen LogP contribution is 2.33. The van der Waals surface area contributed by atoms with Crippen LogP contribution in [0.3, 0.4) is 0 Å². The molecule has 0 bridgehead atoms. The number of carboxylic acid groups (broad SMARTS) is 1. The van der Waals surface area contributed by atoms with E-state index < -0.39 is 5.97 Å². The van der Waals surface area contributed by atoms with Crippen molar-refractivity contribution in [2.45, 2.75) is 19.4 Å². The summed E-state index contributed by atoms with van der Waals surface area (Å²) in [6, 6.07) is 17.4. The van der Waals surface area contributed by atoms with Gasteiger partial charge in [-0.1, -0.05) is 46.3 Å². The Morgan fingerprint density at radius 2 is 1.80 bits per heavy atom. The second kappa shape index (κ2) is 8.52. The van der Waals surface area contributed by atoms with E-state index in [2.05, 4.69) is 74.8 Å². The zero-order chi connectivity index (χ0) is 17.1. The molecule has 2 heterocycles. The maximum Gasteiger partial charge on any atom is 0.300 e. The third-order valence-corrected chi connectivity index (χ3v) is 4.59. The van der Waals surface area contributed by atoms with Crippen molar-refractivity contribution in [1.82, 2.24) is 10.3 Å². The van der Waals surface area contributed by atoms with Crippen LogP contribution in [0.5, 0.6) is 0 Å². The van der Waals surface area contributed by atoms with Crippen molar-refractivity contribution in [3.05, 3.63) is 69.8 Å². The smallest absolute Gasteiger partial charge is 0.300 e. The van der Waals surface area contributed by atoms with Gasteiger partial charge in [-0.25, -0.2) is 0 Å². The molecule has 0 saturated heterocycles. The summed E-state index contributed by atoms with van der Waals surface area (Å²) >= 11 is 3.50. The molecule has 0 amide bonds. The maximum absolute atomic E-state index is 9.00. The minimum atomic E-state index is -0.833. The molecule has 4 nitrogen and oxygen atoms in total. The number of benzene rings is 2. The first-order valence-corrected chi connectivity index (χ1v) is 8.63. The fraction of sp³-hybridized carbons (Fsp3) is 0.211. The molecule has 25 heavy (non-hydrogen) atoms. The predicted molar refractivity (Wildman–Crippen MR) is 107 cm³/mol. The van der Waals surface area contributed by atoms with Gasteiger partial charge in [-0.2, -0.15) is 0 Å². The fourth-order valence-corrected chi connectivity index (χ4v) is 3.38. The van der Waals surface area contributed by atoms with Crippen LogP contribution in [-0.4, -0.2) is 22.6 Å². The molecule has 1 aliphatic heterocycles. The Morgan fingerprint density at radius 1 is 1.16 bits per heavy atom. The first kappa shape index (κ1) is 19.5. The molecular weight excluding hydrogens is 404 g/mol. The van der Waals surface area contributed by atoms with Gasteiger partial charge in [0.2, 0.25) is 0 Å².